The molecule has 2 N–H and O–H groups in total. The van der Waals surface area contributed by atoms with Gasteiger partial charge in [-0.2, -0.15) is 0 Å². The average Bonchev–Trinajstić information content (AvgIpc) is 3.45. The molecule has 1 amide bonds. The molecule has 0 unspecified atom stereocenters. The van der Waals surface area contributed by atoms with Gasteiger partial charge < -0.3 is 19.7 Å². The number of aryl methyl sites for hydroxylation is 1. The van der Waals surface area contributed by atoms with Crippen LogP contribution in [0.2, 0.25) is 0 Å². The summed E-state index contributed by atoms with van der Waals surface area (Å²) in [6.07, 6.45) is 3.49. The average molecular weight is 495 g/mol. The number of fused-ring (bicyclic) bond motifs is 1. The molecule has 0 bridgehead atoms. The lowest BCUT2D eigenvalue weighted by molar-refractivity contribution is -0.129. The predicted octanol–water partition coefficient (Wildman–Crippen LogP) is 5.49. The molecule has 1 aliphatic rings. The van der Waals surface area contributed by atoms with Gasteiger partial charge in [0.15, 0.2) is 11.5 Å². The lowest BCUT2D eigenvalue weighted by Gasteiger charge is -2.27. The van der Waals surface area contributed by atoms with Crippen molar-refractivity contribution in [3.63, 3.8) is 0 Å². The fraction of sp³-hybridized carbons (Fsp3) is 0.226. The monoisotopic (exact) mass is 494 g/mol. The number of carbonyl (C=O) groups excluding carboxylic acids is 2. The van der Waals surface area contributed by atoms with Crippen molar-refractivity contribution in [3.05, 3.63) is 113 Å². The highest BCUT2D eigenvalue weighted by atomic mass is 16.5. The smallest absolute Gasteiger partial charge is 0.290 e. The van der Waals surface area contributed by atoms with Crippen LogP contribution in [0.1, 0.15) is 35.2 Å². The maximum absolute atomic E-state index is 13.5. The van der Waals surface area contributed by atoms with Gasteiger partial charge in [-0.3, -0.25) is 9.59 Å². The lowest BCUT2D eigenvalue weighted by atomic mass is 9.92. The summed E-state index contributed by atoms with van der Waals surface area (Å²) in [5, 5.41) is 12.0. The van der Waals surface area contributed by atoms with Crippen molar-refractivity contribution < 1.29 is 19.4 Å². The van der Waals surface area contributed by atoms with Crippen molar-refractivity contribution in [1.29, 1.82) is 0 Å². The van der Waals surface area contributed by atoms with Gasteiger partial charge in [-0.25, -0.2) is 0 Å². The van der Waals surface area contributed by atoms with Crippen LogP contribution >= 0.6 is 0 Å². The van der Waals surface area contributed by atoms with Gasteiger partial charge in [0.2, 0.25) is 0 Å². The molecule has 188 valence electrons. The van der Waals surface area contributed by atoms with Crippen LogP contribution in [0, 0.1) is 0 Å². The molecular weight excluding hydrogens is 464 g/mol. The highest BCUT2D eigenvalue weighted by Gasteiger charge is 2.43. The molecule has 1 aliphatic heterocycles. The van der Waals surface area contributed by atoms with E-state index in [0.29, 0.717) is 13.0 Å². The number of Topliss-reactive ketones (excluding diaryl/α,β-unsaturated/α-hetero) is 1. The minimum Gasteiger partial charge on any atom is -0.503 e. The Morgan fingerprint density at radius 3 is 2.49 bits per heavy atom. The zero-order valence-corrected chi connectivity index (χ0v) is 21.0. The maximum Gasteiger partial charge on any atom is 0.290 e. The van der Waals surface area contributed by atoms with E-state index in [4.69, 9.17) is 4.74 Å². The number of hydrogen-bond acceptors (Lipinski definition) is 4. The molecule has 4 aromatic rings. The first kappa shape index (κ1) is 24.4. The Balaban J connectivity index is 1.47. The molecule has 0 radical (unpaired) electrons. The van der Waals surface area contributed by atoms with Gasteiger partial charge in [0.25, 0.3) is 5.91 Å². The number of carbonyl (C=O) groups is 2. The van der Waals surface area contributed by atoms with Gasteiger partial charge in [0, 0.05) is 30.1 Å². The number of H-pyrrole nitrogens is 1. The largest absolute Gasteiger partial charge is 0.503 e. The SMILES string of the molecule is CCc1ccc([C@H]2C(C(=O)Cc3ccccc3)=C(O)C(=O)N2CCc2c[nH]c3ccc(OC)cc23)cc1. The van der Waals surface area contributed by atoms with Crippen LogP contribution in [0.5, 0.6) is 5.75 Å². The summed E-state index contributed by atoms with van der Waals surface area (Å²) in [4.78, 5) is 31.7. The van der Waals surface area contributed by atoms with Crippen LogP contribution in [0.25, 0.3) is 10.9 Å². The second kappa shape index (κ2) is 10.3. The zero-order valence-electron chi connectivity index (χ0n) is 21.0. The van der Waals surface area contributed by atoms with Crippen molar-refractivity contribution in [2.24, 2.45) is 0 Å². The Labute approximate surface area is 216 Å². The minimum atomic E-state index is -0.644. The van der Waals surface area contributed by atoms with Crippen molar-refractivity contribution in [2.75, 3.05) is 13.7 Å². The number of aliphatic hydroxyl groups excluding tert-OH is 1. The summed E-state index contributed by atoms with van der Waals surface area (Å²) < 4.78 is 5.38. The minimum absolute atomic E-state index is 0.118. The second-order valence-electron chi connectivity index (χ2n) is 9.32. The topological polar surface area (TPSA) is 82.6 Å². The van der Waals surface area contributed by atoms with Crippen LogP contribution in [-0.4, -0.2) is 40.3 Å². The number of hydrogen-bond donors (Lipinski definition) is 2. The number of nitrogens with one attached hydrogen (secondary N) is 1. The van der Waals surface area contributed by atoms with E-state index in [0.717, 1.165) is 45.3 Å². The summed E-state index contributed by atoms with van der Waals surface area (Å²) in [7, 11) is 1.63. The Bertz CT molecular complexity index is 1470. The standard InChI is InChI=1S/C31H30N2O4/c1-3-20-9-11-22(12-10-20)29-28(27(34)17-21-7-5-4-6-8-21)30(35)31(36)33(29)16-15-23-19-32-26-14-13-24(37-2)18-25(23)26/h4-14,18-19,29,32,35H,3,15-17H2,1-2H3/t29-/m0/s1. The Morgan fingerprint density at radius 1 is 1.03 bits per heavy atom. The molecule has 0 saturated heterocycles. The summed E-state index contributed by atoms with van der Waals surface area (Å²) in [6.45, 7) is 2.42. The van der Waals surface area contributed by atoms with Gasteiger partial charge in [0.05, 0.1) is 18.7 Å². The van der Waals surface area contributed by atoms with Gasteiger partial charge >= 0.3 is 0 Å². The number of aromatic nitrogens is 1. The lowest BCUT2D eigenvalue weighted by Crippen LogP contribution is -2.33. The van der Waals surface area contributed by atoms with Gasteiger partial charge in [-0.15, -0.1) is 0 Å². The van der Waals surface area contributed by atoms with Gasteiger partial charge in [-0.1, -0.05) is 61.5 Å². The first-order valence-electron chi connectivity index (χ1n) is 12.5. The molecule has 0 saturated carbocycles. The number of amides is 1. The predicted molar refractivity (Wildman–Crippen MR) is 144 cm³/mol. The molecule has 5 rings (SSSR count). The third kappa shape index (κ3) is 4.75. The van der Waals surface area contributed by atoms with E-state index >= 15 is 0 Å². The van der Waals surface area contributed by atoms with E-state index in [1.807, 2.05) is 79.0 Å². The summed E-state index contributed by atoms with van der Waals surface area (Å²) >= 11 is 0. The zero-order chi connectivity index (χ0) is 25.9. The maximum atomic E-state index is 13.5. The number of rotatable bonds is 9. The van der Waals surface area contributed by atoms with E-state index in [1.54, 1.807) is 12.0 Å². The second-order valence-corrected chi connectivity index (χ2v) is 9.32. The highest BCUT2D eigenvalue weighted by molar-refractivity contribution is 6.09. The van der Waals surface area contributed by atoms with Crippen LogP contribution in [-0.2, 0) is 28.9 Å². The van der Waals surface area contributed by atoms with Crippen molar-refractivity contribution in [3.8, 4) is 5.75 Å². The molecule has 6 heteroatoms. The number of methoxy groups -OCH3 is 1. The van der Waals surface area contributed by atoms with Crippen LogP contribution in [0.4, 0.5) is 0 Å². The number of benzene rings is 3. The van der Waals surface area contributed by atoms with Gasteiger partial charge in [0.1, 0.15) is 5.75 Å². The summed E-state index contributed by atoms with van der Waals surface area (Å²) in [6, 6.07) is 22.5. The molecule has 1 aromatic heterocycles. The molecule has 6 nitrogen and oxygen atoms in total. The Morgan fingerprint density at radius 2 is 1.78 bits per heavy atom. The number of aliphatic hydroxyl groups is 1. The molecule has 0 spiro atoms. The van der Waals surface area contributed by atoms with E-state index in [1.165, 1.54) is 0 Å². The highest BCUT2D eigenvalue weighted by Crippen LogP contribution is 2.38. The first-order chi connectivity index (χ1) is 18.0. The van der Waals surface area contributed by atoms with E-state index in [-0.39, 0.29) is 17.8 Å². The molecule has 1 atom stereocenters. The van der Waals surface area contributed by atoms with Crippen molar-refractivity contribution in [1.82, 2.24) is 9.88 Å². The third-order valence-corrected chi connectivity index (χ3v) is 7.11. The van der Waals surface area contributed by atoms with E-state index in [9.17, 15) is 14.7 Å². The number of ether oxygens (including phenoxy) is 1. The Hall–Kier alpha value is -4.32. The van der Waals surface area contributed by atoms with Crippen molar-refractivity contribution in [2.45, 2.75) is 32.2 Å². The first-order valence-corrected chi connectivity index (χ1v) is 12.5. The molecular formula is C31H30N2O4. The van der Waals surface area contributed by atoms with Crippen LogP contribution < -0.4 is 4.74 Å². The fourth-order valence-corrected chi connectivity index (χ4v) is 5.06. The van der Waals surface area contributed by atoms with Crippen LogP contribution in [0.3, 0.4) is 0 Å². The van der Waals surface area contributed by atoms with Gasteiger partial charge in [-0.05, 0) is 53.3 Å². The molecule has 37 heavy (non-hydrogen) atoms. The van der Waals surface area contributed by atoms with E-state index in [2.05, 4.69) is 11.9 Å². The third-order valence-electron chi connectivity index (χ3n) is 7.11. The number of aromatic amines is 1. The number of nitrogens with zero attached hydrogens (tertiary/aromatic N) is 1. The molecule has 3 aromatic carbocycles. The molecule has 2 heterocycles. The number of ketones is 1. The normalized spacial score (nSPS) is 15.6. The van der Waals surface area contributed by atoms with E-state index < -0.39 is 17.7 Å². The van der Waals surface area contributed by atoms with Crippen molar-refractivity contribution >= 4 is 22.6 Å². The summed E-state index contributed by atoms with van der Waals surface area (Å²) in [5.74, 6) is -0.460. The molecule has 0 aliphatic carbocycles. The fourth-order valence-electron chi connectivity index (χ4n) is 5.06. The molecule has 0 fully saturated rings. The summed E-state index contributed by atoms with van der Waals surface area (Å²) in [5.41, 5.74) is 5.00. The quantitative estimate of drug-likeness (QED) is 0.322. The Kier molecular flexibility index (Phi) is 6.82. The van der Waals surface area contributed by atoms with Crippen LogP contribution in [0.15, 0.2) is 90.3 Å².